The Labute approximate surface area is 161 Å². The Hall–Kier alpha value is -2.38. The number of hydrogen-bond acceptors (Lipinski definition) is 5. The summed E-state index contributed by atoms with van der Waals surface area (Å²) < 4.78 is 17.7. The van der Waals surface area contributed by atoms with Gasteiger partial charge in [-0.1, -0.05) is 34.1 Å². The Morgan fingerprint density at radius 2 is 1.81 bits per heavy atom. The van der Waals surface area contributed by atoms with Crippen LogP contribution in [0.1, 0.15) is 12.5 Å². The lowest BCUT2D eigenvalue weighted by atomic mass is 10.2. The minimum atomic E-state index is -0.232. The Kier molecular flexibility index (Phi) is 8.65. The van der Waals surface area contributed by atoms with Gasteiger partial charge in [0.1, 0.15) is 24.7 Å². The number of carbonyl (C=O) groups excluding carboxylic acids is 1. The number of hydrazone groups is 1. The second-order valence-corrected chi connectivity index (χ2v) is 6.15. The topological polar surface area (TPSA) is 69.2 Å². The molecule has 0 fully saturated rings. The van der Waals surface area contributed by atoms with Gasteiger partial charge in [-0.3, -0.25) is 4.79 Å². The zero-order chi connectivity index (χ0) is 18.6. The normalized spacial score (nSPS) is 10.7. The SMILES string of the molecule is CC(=O)N/N=C\c1cc(Br)ccc1OCCOCCOc1ccccc1. The van der Waals surface area contributed by atoms with Crippen molar-refractivity contribution < 1.29 is 19.0 Å². The second-order valence-electron chi connectivity index (χ2n) is 5.23. The molecule has 0 saturated carbocycles. The van der Waals surface area contributed by atoms with Gasteiger partial charge < -0.3 is 14.2 Å². The zero-order valence-corrected chi connectivity index (χ0v) is 16.1. The number of rotatable bonds is 10. The van der Waals surface area contributed by atoms with Crippen molar-refractivity contribution in [2.45, 2.75) is 6.92 Å². The summed E-state index contributed by atoms with van der Waals surface area (Å²) in [6, 6.07) is 15.2. The predicted octanol–water partition coefficient (Wildman–Crippen LogP) is 3.39. The van der Waals surface area contributed by atoms with E-state index in [1.54, 1.807) is 0 Å². The van der Waals surface area contributed by atoms with Gasteiger partial charge in [-0.05, 0) is 30.3 Å². The highest BCUT2D eigenvalue weighted by molar-refractivity contribution is 9.10. The van der Waals surface area contributed by atoms with Gasteiger partial charge in [0.2, 0.25) is 5.91 Å². The third-order valence-electron chi connectivity index (χ3n) is 3.12. The van der Waals surface area contributed by atoms with Crippen molar-refractivity contribution in [3.05, 3.63) is 58.6 Å². The van der Waals surface area contributed by atoms with E-state index in [0.29, 0.717) is 32.2 Å². The third-order valence-corrected chi connectivity index (χ3v) is 3.62. The Morgan fingerprint density at radius 1 is 1.08 bits per heavy atom. The monoisotopic (exact) mass is 420 g/mol. The van der Waals surface area contributed by atoms with Crippen LogP contribution in [0.15, 0.2) is 58.1 Å². The molecule has 26 heavy (non-hydrogen) atoms. The van der Waals surface area contributed by atoms with Crippen LogP contribution in [0.5, 0.6) is 11.5 Å². The molecule has 7 heteroatoms. The summed E-state index contributed by atoms with van der Waals surface area (Å²) in [4.78, 5) is 10.9. The summed E-state index contributed by atoms with van der Waals surface area (Å²) in [6.45, 7) is 3.20. The fourth-order valence-electron chi connectivity index (χ4n) is 1.99. The maximum Gasteiger partial charge on any atom is 0.236 e. The van der Waals surface area contributed by atoms with Crippen molar-refractivity contribution in [3.8, 4) is 11.5 Å². The molecule has 0 atom stereocenters. The first-order valence-corrected chi connectivity index (χ1v) is 8.92. The molecule has 2 aromatic carbocycles. The van der Waals surface area contributed by atoms with E-state index in [1.807, 2.05) is 48.5 Å². The molecule has 0 aliphatic heterocycles. The van der Waals surface area contributed by atoms with E-state index >= 15 is 0 Å². The summed E-state index contributed by atoms with van der Waals surface area (Å²) in [5, 5.41) is 3.87. The molecule has 0 aliphatic rings. The van der Waals surface area contributed by atoms with Gasteiger partial charge in [0, 0.05) is 17.0 Å². The fourth-order valence-corrected chi connectivity index (χ4v) is 2.37. The minimum absolute atomic E-state index is 0.232. The first-order chi connectivity index (χ1) is 12.6. The quantitative estimate of drug-likeness (QED) is 0.363. The highest BCUT2D eigenvalue weighted by Crippen LogP contribution is 2.21. The van der Waals surface area contributed by atoms with Gasteiger partial charge in [0.05, 0.1) is 19.4 Å². The van der Waals surface area contributed by atoms with E-state index in [2.05, 4.69) is 26.5 Å². The number of carbonyl (C=O) groups is 1. The van der Waals surface area contributed by atoms with E-state index in [0.717, 1.165) is 15.8 Å². The van der Waals surface area contributed by atoms with Crippen LogP contribution in [0.4, 0.5) is 0 Å². The largest absolute Gasteiger partial charge is 0.491 e. The molecule has 0 aromatic heterocycles. The lowest BCUT2D eigenvalue weighted by Crippen LogP contribution is -2.13. The van der Waals surface area contributed by atoms with E-state index < -0.39 is 0 Å². The summed E-state index contributed by atoms with van der Waals surface area (Å²) in [7, 11) is 0. The molecule has 0 radical (unpaired) electrons. The molecule has 1 N–H and O–H groups in total. The average Bonchev–Trinajstić information content (AvgIpc) is 2.63. The molecule has 6 nitrogen and oxygen atoms in total. The van der Waals surface area contributed by atoms with Crippen LogP contribution < -0.4 is 14.9 Å². The summed E-state index contributed by atoms with van der Waals surface area (Å²) in [6.07, 6.45) is 1.54. The Bertz CT molecular complexity index is 723. The minimum Gasteiger partial charge on any atom is -0.491 e. The average molecular weight is 421 g/mol. The molecule has 0 bridgehead atoms. The number of halogens is 1. The van der Waals surface area contributed by atoms with E-state index in [1.165, 1.54) is 13.1 Å². The Morgan fingerprint density at radius 3 is 2.54 bits per heavy atom. The summed E-state index contributed by atoms with van der Waals surface area (Å²) in [5.41, 5.74) is 3.12. The second kappa shape index (κ2) is 11.3. The zero-order valence-electron chi connectivity index (χ0n) is 14.5. The first kappa shape index (κ1) is 19.9. The van der Waals surface area contributed by atoms with Crippen molar-refractivity contribution in [1.82, 2.24) is 5.43 Å². The standard InChI is InChI=1S/C19H21BrN2O4/c1-15(23)22-21-14-16-13-17(20)7-8-19(16)26-12-10-24-9-11-25-18-5-3-2-4-6-18/h2-8,13-14H,9-12H2,1H3,(H,22,23)/b21-14-. The maximum atomic E-state index is 10.9. The van der Waals surface area contributed by atoms with Crippen LogP contribution >= 0.6 is 15.9 Å². The molecule has 1 amide bonds. The van der Waals surface area contributed by atoms with Gasteiger partial charge in [-0.15, -0.1) is 0 Å². The summed E-state index contributed by atoms with van der Waals surface area (Å²) in [5.74, 6) is 1.25. The van der Waals surface area contributed by atoms with Crippen molar-refractivity contribution in [2.24, 2.45) is 5.10 Å². The van der Waals surface area contributed by atoms with Crippen molar-refractivity contribution in [3.63, 3.8) is 0 Å². The van der Waals surface area contributed by atoms with Gasteiger partial charge in [-0.25, -0.2) is 5.43 Å². The molecule has 2 aromatic rings. The lowest BCUT2D eigenvalue weighted by molar-refractivity contribution is -0.118. The number of benzene rings is 2. The molecule has 2 rings (SSSR count). The molecule has 0 unspecified atom stereocenters. The van der Waals surface area contributed by atoms with Crippen molar-refractivity contribution in [2.75, 3.05) is 26.4 Å². The van der Waals surface area contributed by atoms with Crippen molar-refractivity contribution >= 4 is 28.1 Å². The van der Waals surface area contributed by atoms with E-state index in [4.69, 9.17) is 14.2 Å². The highest BCUT2D eigenvalue weighted by Gasteiger charge is 2.03. The third kappa shape index (κ3) is 7.67. The van der Waals surface area contributed by atoms with Crippen LogP contribution in [0.25, 0.3) is 0 Å². The number of nitrogens with zero attached hydrogens (tertiary/aromatic N) is 1. The predicted molar refractivity (Wildman–Crippen MR) is 104 cm³/mol. The van der Waals surface area contributed by atoms with Crippen molar-refractivity contribution in [1.29, 1.82) is 0 Å². The molecule has 138 valence electrons. The molecular formula is C19H21BrN2O4. The maximum absolute atomic E-state index is 10.9. The molecular weight excluding hydrogens is 400 g/mol. The Balaban J connectivity index is 1.70. The first-order valence-electron chi connectivity index (χ1n) is 8.13. The number of ether oxygens (including phenoxy) is 3. The van der Waals surface area contributed by atoms with Gasteiger partial charge >= 0.3 is 0 Å². The van der Waals surface area contributed by atoms with Crippen LogP contribution in [0.3, 0.4) is 0 Å². The fraction of sp³-hybridized carbons (Fsp3) is 0.263. The molecule has 0 saturated heterocycles. The van der Waals surface area contributed by atoms with E-state index in [9.17, 15) is 4.79 Å². The van der Waals surface area contributed by atoms with Crippen LogP contribution in [0.2, 0.25) is 0 Å². The smallest absolute Gasteiger partial charge is 0.236 e. The number of para-hydroxylation sites is 1. The van der Waals surface area contributed by atoms with Crippen LogP contribution in [0, 0.1) is 0 Å². The number of hydrogen-bond donors (Lipinski definition) is 1. The lowest BCUT2D eigenvalue weighted by Gasteiger charge is -2.10. The molecule has 0 aliphatic carbocycles. The van der Waals surface area contributed by atoms with Crippen LogP contribution in [-0.2, 0) is 9.53 Å². The van der Waals surface area contributed by atoms with E-state index in [-0.39, 0.29) is 5.91 Å². The van der Waals surface area contributed by atoms with Crippen LogP contribution in [-0.4, -0.2) is 38.5 Å². The highest BCUT2D eigenvalue weighted by atomic mass is 79.9. The van der Waals surface area contributed by atoms with Gasteiger partial charge in [0.25, 0.3) is 0 Å². The van der Waals surface area contributed by atoms with Gasteiger partial charge in [-0.2, -0.15) is 5.10 Å². The van der Waals surface area contributed by atoms with Gasteiger partial charge in [0.15, 0.2) is 0 Å². The number of amides is 1. The molecule has 0 spiro atoms. The molecule has 0 heterocycles. The number of nitrogens with one attached hydrogen (secondary N) is 1. The summed E-state index contributed by atoms with van der Waals surface area (Å²) >= 11 is 3.40.